The molecule has 0 saturated carbocycles. The molecule has 0 aliphatic heterocycles. The lowest BCUT2D eigenvalue weighted by molar-refractivity contribution is -0.117. The average molecular weight is 296 g/mol. The molecule has 1 unspecified atom stereocenters. The van der Waals surface area contributed by atoms with Gasteiger partial charge in [0.05, 0.1) is 12.6 Å². The molecule has 1 heterocycles. The highest BCUT2D eigenvalue weighted by molar-refractivity contribution is 5.91. The zero-order valence-electron chi connectivity index (χ0n) is 12.6. The van der Waals surface area contributed by atoms with Crippen LogP contribution < -0.4 is 5.32 Å². The first-order chi connectivity index (χ1) is 10.7. The SMILES string of the molecule is CCc1ccc(C(CO)NC(=O)/C=C/c2cccnc2)cc1. The Labute approximate surface area is 130 Å². The van der Waals surface area contributed by atoms with Gasteiger partial charge in [-0.05, 0) is 35.3 Å². The van der Waals surface area contributed by atoms with E-state index in [1.807, 2.05) is 36.4 Å². The Morgan fingerprint density at radius 1 is 1.32 bits per heavy atom. The molecule has 22 heavy (non-hydrogen) atoms. The summed E-state index contributed by atoms with van der Waals surface area (Å²) in [5.41, 5.74) is 2.97. The maximum atomic E-state index is 12.0. The average Bonchev–Trinajstić information content (AvgIpc) is 2.59. The Kier molecular flexibility index (Phi) is 5.86. The molecule has 0 aliphatic carbocycles. The number of carbonyl (C=O) groups excluding carboxylic acids is 1. The van der Waals surface area contributed by atoms with Gasteiger partial charge >= 0.3 is 0 Å². The number of hydrogen-bond acceptors (Lipinski definition) is 3. The van der Waals surface area contributed by atoms with Crippen molar-refractivity contribution in [3.63, 3.8) is 0 Å². The van der Waals surface area contributed by atoms with Crippen molar-refractivity contribution in [1.82, 2.24) is 10.3 Å². The molecule has 1 amide bonds. The molecule has 4 nitrogen and oxygen atoms in total. The summed E-state index contributed by atoms with van der Waals surface area (Å²) in [5, 5.41) is 12.3. The van der Waals surface area contributed by atoms with Gasteiger partial charge in [0.1, 0.15) is 0 Å². The molecule has 4 heteroatoms. The van der Waals surface area contributed by atoms with E-state index in [9.17, 15) is 9.90 Å². The van der Waals surface area contributed by atoms with Crippen LogP contribution in [0.3, 0.4) is 0 Å². The highest BCUT2D eigenvalue weighted by Gasteiger charge is 2.11. The van der Waals surface area contributed by atoms with Crippen LogP contribution in [-0.4, -0.2) is 22.6 Å². The van der Waals surface area contributed by atoms with Crippen LogP contribution in [0.5, 0.6) is 0 Å². The summed E-state index contributed by atoms with van der Waals surface area (Å²) >= 11 is 0. The van der Waals surface area contributed by atoms with E-state index in [0.29, 0.717) is 0 Å². The van der Waals surface area contributed by atoms with Crippen LogP contribution in [0.2, 0.25) is 0 Å². The number of aliphatic hydroxyl groups is 1. The van der Waals surface area contributed by atoms with E-state index in [-0.39, 0.29) is 12.5 Å². The number of amides is 1. The third-order valence-electron chi connectivity index (χ3n) is 3.40. The number of nitrogens with one attached hydrogen (secondary N) is 1. The molecule has 1 aromatic heterocycles. The van der Waals surface area contributed by atoms with Crippen molar-refractivity contribution in [2.45, 2.75) is 19.4 Å². The first-order valence-corrected chi connectivity index (χ1v) is 7.31. The van der Waals surface area contributed by atoms with Gasteiger partial charge in [-0.2, -0.15) is 0 Å². The van der Waals surface area contributed by atoms with Gasteiger partial charge in [-0.1, -0.05) is 37.3 Å². The monoisotopic (exact) mass is 296 g/mol. The van der Waals surface area contributed by atoms with Crippen LogP contribution in [-0.2, 0) is 11.2 Å². The third kappa shape index (κ3) is 4.53. The molecule has 0 bridgehead atoms. The van der Waals surface area contributed by atoms with Gasteiger partial charge < -0.3 is 10.4 Å². The summed E-state index contributed by atoms with van der Waals surface area (Å²) in [4.78, 5) is 15.9. The van der Waals surface area contributed by atoms with Crippen LogP contribution in [0.15, 0.2) is 54.9 Å². The number of pyridine rings is 1. The van der Waals surface area contributed by atoms with Crippen molar-refractivity contribution < 1.29 is 9.90 Å². The maximum absolute atomic E-state index is 12.0. The highest BCUT2D eigenvalue weighted by Crippen LogP contribution is 2.14. The molecular weight excluding hydrogens is 276 g/mol. The van der Waals surface area contributed by atoms with Gasteiger partial charge in [0.25, 0.3) is 0 Å². The lowest BCUT2D eigenvalue weighted by Gasteiger charge is -2.16. The number of rotatable bonds is 6. The lowest BCUT2D eigenvalue weighted by Crippen LogP contribution is -2.29. The fourth-order valence-corrected chi connectivity index (χ4v) is 2.09. The first-order valence-electron chi connectivity index (χ1n) is 7.31. The minimum Gasteiger partial charge on any atom is -0.394 e. The highest BCUT2D eigenvalue weighted by atomic mass is 16.3. The molecular formula is C18H20N2O2. The number of benzene rings is 1. The molecule has 0 radical (unpaired) electrons. The van der Waals surface area contributed by atoms with Gasteiger partial charge in [0.15, 0.2) is 0 Å². The third-order valence-corrected chi connectivity index (χ3v) is 3.40. The quantitative estimate of drug-likeness (QED) is 0.805. The lowest BCUT2D eigenvalue weighted by atomic mass is 10.0. The van der Waals surface area contributed by atoms with E-state index >= 15 is 0 Å². The largest absolute Gasteiger partial charge is 0.394 e. The Morgan fingerprint density at radius 3 is 2.68 bits per heavy atom. The fourth-order valence-electron chi connectivity index (χ4n) is 2.09. The van der Waals surface area contributed by atoms with Gasteiger partial charge in [-0.3, -0.25) is 9.78 Å². The summed E-state index contributed by atoms with van der Waals surface area (Å²) in [5.74, 6) is -0.248. The molecule has 0 aliphatic rings. The van der Waals surface area contributed by atoms with E-state index in [0.717, 1.165) is 17.5 Å². The molecule has 0 spiro atoms. The summed E-state index contributed by atoms with van der Waals surface area (Å²) < 4.78 is 0. The zero-order chi connectivity index (χ0) is 15.8. The van der Waals surface area contributed by atoms with E-state index in [1.165, 1.54) is 11.6 Å². The van der Waals surface area contributed by atoms with E-state index in [2.05, 4.69) is 17.2 Å². The number of carbonyl (C=O) groups is 1. The number of hydrogen-bond donors (Lipinski definition) is 2. The van der Waals surface area contributed by atoms with Crippen molar-refractivity contribution in [3.05, 3.63) is 71.6 Å². The van der Waals surface area contributed by atoms with Crippen LogP contribution in [0.25, 0.3) is 6.08 Å². The van der Waals surface area contributed by atoms with Gasteiger partial charge in [-0.25, -0.2) is 0 Å². The van der Waals surface area contributed by atoms with Crippen LogP contribution in [0, 0.1) is 0 Å². The van der Waals surface area contributed by atoms with E-state index in [1.54, 1.807) is 18.5 Å². The second kappa shape index (κ2) is 8.10. The van der Waals surface area contributed by atoms with Gasteiger partial charge in [0.2, 0.25) is 5.91 Å². The van der Waals surface area contributed by atoms with Crippen LogP contribution in [0.1, 0.15) is 29.7 Å². The second-order valence-electron chi connectivity index (χ2n) is 4.96. The van der Waals surface area contributed by atoms with Crippen molar-refractivity contribution in [1.29, 1.82) is 0 Å². The second-order valence-corrected chi connectivity index (χ2v) is 4.96. The molecule has 1 aromatic carbocycles. The topological polar surface area (TPSA) is 62.2 Å². The number of aryl methyl sites for hydroxylation is 1. The van der Waals surface area contributed by atoms with E-state index < -0.39 is 6.04 Å². The van der Waals surface area contributed by atoms with Crippen molar-refractivity contribution >= 4 is 12.0 Å². The molecule has 2 rings (SSSR count). The Balaban J connectivity index is 1.99. The zero-order valence-corrected chi connectivity index (χ0v) is 12.6. The number of aliphatic hydroxyl groups excluding tert-OH is 1. The first kappa shape index (κ1) is 15.9. The predicted molar refractivity (Wildman–Crippen MR) is 87.1 cm³/mol. The van der Waals surface area contributed by atoms with Crippen LogP contribution >= 0.6 is 0 Å². The number of nitrogens with zero attached hydrogens (tertiary/aromatic N) is 1. The fraction of sp³-hybridized carbons (Fsp3) is 0.222. The predicted octanol–water partition coefficient (Wildman–Crippen LogP) is 2.51. The summed E-state index contributed by atoms with van der Waals surface area (Å²) in [6.07, 6.45) is 7.46. The standard InChI is InChI=1S/C18H20N2O2/c1-2-14-5-8-16(9-6-14)17(13-21)20-18(22)10-7-15-4-3-11-19-12-15/h3-12,17,21H,2,13H2,1H3,(H,20,22)/b10-7+. The maximum Gasteiger partial charge on any atom is 0.244 e. The molecule has 2 N–H and O–H groups in total. The smallest absolute Gasteiger partial charge is 0.244 e. The van der Waals surface area contributed by atoms with Crippen molar-refractivity contribution in [2.24, 2.45) is 0 Å². The van der Waals surface area contributed by atoms with Crippen molar-refractivity contribution in [2.75, 3.05) is 6.61 Å². The molecule has 0 fully saturated rings. The summed E-state index contributed by atoms with van der Waals surface area (Å²) in [6, 6.07) is 11.2. The van der Waals surface area contributed by atoms with Crippen molar-refractivity contribution in [3.8, 4) is 0 Å². The van der Waals surface area contributed by atoms with E-state index in [4.69, 9.17) is 0 Å². The molecule has 1 atom stereocenters. The van der Waals surface area contributed by atoms with Gasteiger partial charge in [-0.15, -0.1) is 0 Å². The Bertz CT molecular complexity index is 621. The summed E-state index contributed by atoms with van der Waals surface area (Å²) in [6.45, 7) is 1.95. The Morgan fingerprint density at radius 2 is 2.09 bits per heavy atom. The molecule has 0 saturated heterocycles. The Hall–Kier alpha value is -2.46. The normalized spacial score (nSPS) is 12.3. The number of aromatic nitrogens is 1. The molecule has 114 valence electrons. The molecule has 2 aromatic rings. The summed E-state index contributed by atoms with van der Waals surface area (Å²) in [7, 11) is 0. The minimum absolute atomic E-state index is 0.141. The minimum atomic E-state index is -0.406. The van der Waals surface area contributed by atoms with Gasteiger partial charge in [0, 0.05) is 18.5 Å². The van der Waals surface area contributed by atoms with Crippen LogP contribution in [0.4, 0.5) is 0 Å².